The third-order valence-electron chi connectivity index (χ3n) is 25.4. The molecule has 3 rings (SSSR count). The molecule has 0 saturated heterocycles. The van der Waals surface area contributed by atoms with Crippen molar-refractivity contribution in [3.05, 3.63) is 102 Å². The van der Waals surface area contributed by atoms with Gasteiger partial charge in [-0.1, -0.05) is 573 Å². The van der Waals surface area contributed by atoms with Crippen LogP contribution in [-0.2, 0) is 29.3 Å². The largest absolute Gasteiger partial charge is 2.00 e. The molecule has 0 unspecified atom stereocenters. The molecule has 1 aliphatic heterocycles. The smallest absolute Gasteiger partial charge is 0.493 e. The van der Waals surface area contributed by atoms with Crippen LogP contribution in [0.4, 0.5) is 0 Å². The van der Waals surface area contributed by atoms with Gasteiger partial charge in [-0.05, 0) is 73.9 Å². The minimum Gasteiger partial charge on any atom is -0.493 e. The van der Waals surface area contributed by atoms with E-state index in [0.29, 0.717) is 0 Å². The summed E-state index contributed by atoms with van der Waals surface area (Å²) >= 11 is 0. The Morgan fingerprint density at radius 3 is 0.596 bits per heavy atom. The van der Waals surface area contributed by atoms with E-state index in [9.17, 15) is 5.53 Å². The number of nitrogens with zero attached hydrogens (tertiary/aromatic N) is 2. The molecule has 668 valence electrons. The summed E-state index contributed by atoms with van der Waals surface area (Å²) in [6, 6.07) is 18.5. The summed E-state index contributed by atoms with van der Waals surface area (Å²) in [5.74, 6) is 0. The van der Waals surface area contributed by atoms with Gasteiger partial charge in [0.25, 0.3) is 0 Å². The van der Waals surface area contributed by atoms with E-state index in [1.165, 1.54) is 555 Å². The molecule has 2 aromatic rings. The van der Waals surface area contributed by atoms with Gasteiger partial charge in [-0.3, -0.25) is 0 Å². The van der Waals surface area contributed by atoms with Gasteiger partial charge >= 0.3 is 16.5 Å². The van der Waals surface area contributed by atoms with E-state index in [2.05, 4.69) is 103 Å². The fourth-order valence-electron chi connectivity index (χ4n) is 17.6. The molecule has 3 heteroatoms. The SMILES string of the molecule is CCCCCCCCCCCCCCCCCCCCCCCCCCCCCC1=C(c2cccc(CCCCCCCCCCCCCCCCCCCCCCCCCCC)c2)[N+](=[N-])C(c2cccc(CCCCCCCCCCCCCCCCCCCCCCCCCCC)c2)=C1.[CH2-]CCCCC.[CH2-]CCCCC.[Ni+2]. The van der Waals surface area contributed by atoms with Crippen LogP contribution in [-0.4, -0.2) is 4.70 Å². The molecule has 114 heavy (non-hydrogen) atoms. The van der Waals surface area contributed by atoms with E-state index in [1.54, 1.807) is 4.70 Å². The number of rotatable bonds is 88. The third-order valence-corrected chi connectivity index (χ3v) is 25.4. The van der Waals surface area contributed by atoms with Crippen LogP contribution in [0, 0.1) is 13.8 Å². The second-order valence-corrected chi connectivity index (χ2v) is 36.7. The van der Waals surface area contributed by atoms with Crippen molar-refractivity contribution in [3.63, 3.8) is 0 Å². The fraction of sp³-hybridized carbons (Fsp3) is 0.838. The molecular weight excluding hydrogens is 1420 g/mol. The van der Waals surface area contributed by atoms with E-state index in [0.717, 1.165) is 49.1 Å². The summed E-state index contributed by atoms with van der Waals surface area (Å²) < 4.78 is 1.58. The van der Waals surface area contributed by atoms with Crippen molar-refractivity contribution in [1.29, 1.82) is 0 Å². The third kappa shape index (κ3) is 76.2. The van der Waals surface area contributed by atoms with Crippen LogP contribution >= 0.6 is 0 Å². The van der Waals surface area contributed by atoms with Crippen LogP contribution in [0.5, 0.6) is 0 Å². The summed E-state index contributed by atoms with van der Waals surface area (Å²) in [5, 5.41) is 0. The van der Waals surface area contributed by atoms with E-state index in [-0.39, 0.29) is 16.5 Å². The molecule has 0 aromatic heterocycles. The summed E-state index contributed by atoms with van der Waals surface area (Å²) in [4.78, 5) is 0. The Morgan fingerprint density at radius 2 is 0.395 bits per heavy atom. The first-order valence-corrected chi connectivity index (χ1v) is 52.7. The second-order valence-electron chi connectivity index (χ2n) is 36.7. The molecule has 1 aliphatic rings. The Hall–Kier alpha value is -1.99. The maximum Gasteiger partial charge on any atom is 2.00 e. The molecule has 0 amide bonds. The Balaban J connectivity index is 0.00000906. The van der Waals surface area contributed by atoms with Gasteiger partial charge in [-0.25, -0.2) is 4.70 Å². The van der Waals surface area contributed by atoms with Gasteiger partial charge in [-0.2, -0.15) is 12.8 Å². The van der Waals surface area contributed by atoms with Gasteiger partial charge in [0.1, 0.15) is 0 Å². The molecule has 0 bridgehead atoms. The van der Waals surface area contributed by atoms with Crippen molar-refractivity contribution >= 4 is 11.4 Å². The number of benzene rings is 2. The van der Waals surface area contributed by atoms with Crippen LogP contribution in [0.3, 0.4) is 0 Å². The first kappa shape index (κ1) is 112. The number of hydrogen-bond acceptors (Lipinski definition) is 0. The van der Waals surface area contributed by atoms with Gasteiger partial charge in [0.2, 0.25) is 11.4 Å². The number of allylic oxidation sites excluding steroid dienone is 2. The molecule has 0 aliphatic carbocycles. The summed E-state index contributed by atoms with van der Waals surface area (Å²) in [6.45, 7) is 18.8. The first-order chi connectivity index (χ1) is 56.0. The van der Waals surface area contributed by atoms with Gasteiger partial charge in [-0.15, -0.1) is 0 Å². The Kier molecular flexibility index (Phi) is 93.2. The second kappa shape index (κ2) is 94.9. The van der Waals surface area contributed by atoms with Crippen LogP contribution in [0.15, 0.2) is 60.2 Å². The normalized spacial score (nSPS) is 12.1. The van der Waals surface area contributed by atoms with Gasteiger partial charge in [0.05, 0.1) is 0 Å². The quantitative estimate of drug-likeness (QED) is 0.0273. The van der Waals surface area contributed by atoms with Gasteiger partial charge < -0.3 is 19.4 Å². The van der Waals surface area contributed by atoms with Crippen LogP contribution in [0.1, 0.15) is 609 Å². The van der Waals surface area contributed by atoms with Gasteiger partial charge in [0.15, 0.2) is 0 Å². The van der Waals surface area contributed by atoms with Gasteiger partial charge in [0, 0.05) is 22.8 Å². The zero-order valence-electron chi connectivity index (χ0n) is 78.5. The standard InChI is InChI=1S/C99H178N2.2C6H13.Ni/c1-4-7-10-13-16-19-22-25-28-31-34-37-40-43-44-47-50-53-56-59-62-65-68-71-74-77-80-87-97-92-98(95-88-81-85-93(90-95)83-78-75-72-69-66-63-60-57-54-51-48-45-41-38-35-32-29-26-23-20-17-14-11-8-5-2)101(100)99(97)96-89-82-86-94(91-96)84-79-76-73-70-67-64-61-58-55-52-49-46-42-39-36-33-30-27-24-21-18-15-12-9-6-3;2*1-3-5-6-4-2;/h81-82,85-86,88-92H,4-80,83-84,87H2,1-3H3;2*1,3-6H2,2H3;/q;2*-1;+2. The molecule has 0 spiro atoms. The van der Waals surface area contributed by atoms with Crippen LogP contribution in [0.2, 0.25) is 0 Å². The van der Waals surface area contributed by atoms with Crippen molar-refractivity contribution < 1.29 is 21.2 Å². The maximum absolute atomic E-state index is 12.3. The summed E-state index contributed by atoms with van der Waals surface area (Å²) in [7, 11) is 0. The molecule has 0 radical (unpaired) electrons. The average Bonchev–Trinajstić information content (AvgIpc) is 1.63. The fourth-order valence-corrected chi connectivity index (χ4v) is 17.6. The Labute approximate surface area is 729 Å². The number of hydrogen-bond donors (Lipinski definition) is 0. The zero-order valence-corrected chi connectivity index (χ0v) is 79.5. The summed E-state index contributed by atoms with van der Waals surface area (Å²) in [6.07, 6.45) is 126. The minimum atomic E-state index is 0. The predicted molar refractivity (Wildman–Crippen MR) is 515 cm³/mol. The maximum atomic E-state index is 12.3. The van der Waals surface area contributed by atoms with Crippen molar-refractivity contribution in [2.75, 3.05) is 0 Å². The molecule has 2 nitrogen and oxygen atoms in total. The van der Waals surface area contributed by atoms with Crippen molar-refractivity contribution in [1.82, 2.24) is 0 Å². The monoisotopic (exact) mass is 1620 g/mol. The average molecular weight is 1630 g/mol. The van der Waals surface area contributed by atoms with Crippen molar-refractivity contribution in [2.24, 2.45) is 0 Å². The summed E-state index contributed by atoms with van der Waals surface area (Å²) in [5.41, 5.74) is 20.7. The van der Waals surface area contributed by atoms with E-state index >= 15 is 0 Å². The Morgan fingerprint density at radius 1 is 0.219 bits per heavy atom. The van der Waals surface area contributed by atoms with Crippen molar-refractivity contribution in [2.45, 2.75) is 600 Å². The van der Waals surface area contributed by atoms with E-state index < -0.39 is 0 Å². The zero-order chi connectivity index (χ0) is 81.2. The number of unbranched alkanes of at least 4 members (excludes halogenated alkanes) is 80. The molecule has 1 heterocycles. The topological polar surface area (TPSA) is 25.3 Å². The molecule has 0 N–H and O–H groups in total. The predicted octanol–water partition coefficient (Wildman–Crippen LogP) is 40.9. The van der Waals surface area contributed by atoms with E-state index in [4.69, 9.17) is 0 Å². The molecule has 0 atom stereocenters. The van der Waals surface area contributed by atoms with Crippen molar-refractivity contribution in [3.8, 4) is 0 Å². The molecule has 0 fully saturated rings. The molecule has 2 aromatic carbocycles. The minimum absolute atomic E-state index is 0. The van der Waals surface area contributed by atoms with Crippen LogP contribution in [0.25, 0.3) is 16.9 Å². The van der Waals surface area contributed by atoms with Crippen LogP contribution < -0.4 is 0 Å². The molecular formula is C111H204N2Ni. The van der Waals surface area contributed by atoms with E-state index in [1.807, 2.05) is 0 Å². The molecule has 0 saturated carbocycles. The number of aryl methyl sites for hydroxylation is 2. The first-order valence-electron chi connectivity index (χ1n) is 52.7. The Bertz CT molecular complexity index is 2240.